The van der Waals surface area contributed by atoms with Gasteiger partial charge in [-0.25, -0.2) is 5.14 Å². The van der Waals surface area contributed by atoms with Crippen LogP contribution in [-0.2, 0) is 16.0 Å². The lowest BCUT2D eigenvalue weighted by Crippen LogP contribution is -2.19. The van der Waals surface area contributed by atoms with Gasteiger partial charge in [-0.1, -0.05) is 12.1 Å². The average molecular weight is 288 g/mol. The molecule has 0 unspecified atom stereocenters. The number of hydrogen-bond donors (Lipinski definition) is 3. The number of anilines is 1. The average Bonchev–Trinajstić information content (AvgIpc) is 2.22. The molecule has 0 aliphatic rings. The minimum absolute atomic E-state index is 0.0255. The zero-order valence-corrected chi connectivity index (χ0v) is 11.4. The molecule has 0 radical (unpaired) electrons. The molecule has 0 fully saturated rings. The number of thioether (sulfide) groups is 1. The number of nitrogens with two attached hydrogens (primary N) is 3. The highest BCUT2D eigenvalue weighted by Gasteiger charge is 2.01. The normalized spacial score (nSPS) is 12.6. The number of amidine groups is 1. The lowest BCUT2D eigenvalue weighted by molar-refractivity contribution is 0.599. The maximum Gasteiger partial charge on any atom is 0.318 e. The van der Waals surface area contributed by atoms with Gasteiger partial charge in [0.2, 0.25) is 0 Å². The zero-order valence-electron chi connectivity index (χ0n) is 9.74. The van der Waals surface area contributed by atoms with Crippen LogP contribution >= 0.6 is 11.8 Å². The number of benzene rings is 1. The van der Waals surface area contributed by atoms with Crippen LogP contribution in [0.1, 0.15) is 12.0 Å². The third-order valence-electron chi connectivity index (χ3n) is 1.97. The van der Waals surface area contributed by atoms with Crippen molar-refractivity contribution < 1.29 is 8.42 Å². The van der Waals surface area contributed by atoms with Crippen molar-refractivity contribution in [2.75, 3.05) is 11.5 Å². The summed E-state index contributed by atoms with van der Waals surface area (Å²) < 4.78 is 24.4. The Bertz CT molecular complexity index is 528. The van der Waals surface area contributed by atoms with E-state index in [0.717, 1.165) is 17.0 Å². The minimum Gasteiger partial charge on any atom is -0.399 e. The minimum atomic E-state index is -3.88. The molecule has 18 heavy (non-hydrogen) atoms. The molecule has 1 aromatic rings. The van der Waals surface area contributed by atoms with E-state index in [0.29, 0.717) is 12.2 Å². The second-order valence-electron chi connectivity index (χ2n) is 3.65. The molecule has 0 bridgehead atoms. The summed E-state index contributed by atoms with van der Waals surface area (Å²) in [4.78, 5) is 0. The van der Waals surface area contributed by atoms with Crippen LogP contribution in [0.15, 0.2) is 28.7 Å². The number of nitrogen functional groups attached to an aromatic ring is 1. The van der Waals surface area contributed by atoms with E-state index in [-0.39, 0.29) is 5.84 Å². The first-order chi connectivity index (χ1) is 8.37. The van der Waals surface area contributed by atoms with Gasteiger partial charge in [-0.15, -0.1) is 4.40 Å². The molecule has 8 heteroatoms. The van der Waals surface area contributed by atoms with Crippen LogP contribution in [0.4, 0.5) is 5.69 Å². The smallest absolute Gasteiger partial charge is 0.318 e. The van der Waals surface area contributed by atoms with Crippen LogP contribution in [0.25, 0.3) is 0 Å². The Morgan fingerprint density at radius 3 is 2.72 bits per heavy atom. The van der Waals surface area contributed by atoms with E-state index in [1.807, 2.05) is 24.3 Å². The molecule has 0 heterocycles. The summed E-state index contributed by atoms with van der Waals surface area (Å²) in [5, 5.41) is 4.73. The lowest BCUT2D eigenvalue weighted by Gasteiger charge is -2.03. The standard InChI is InChI=1S/C10H16N4O2S2/c11-9-3-1-2-8(6-9)7-17-5-4-10(12)14-18(13,15)16/h1-3,6H,4-5,7,11H2,(H2,12,14)(H2,13,15,16). The summed E-state index contributed by atoms with van der Waals surface area (Å²) in [6, 6.07) is 7.59. The summed E-state index contributed by atoms with van der Waals surface area (Å²) in [7, 11) is -3.88. The summed E-state index contributed by atoms with van der Waals surface area (Å²) in [5.74, 6) is 1.48. The first-order valence-electron chi connectivity index (χ1n) is 5.16. The Morgan fingerprint density at radius 1 is 1.39 bits per heavy atom. The van der Waals surface area contributed by atoms with Crippen molar-refractivity contribution in [3.05, 3.63) is 29.8 Å². The second kappa shape index (κ2) is 6.62. The molecule has 0 aliphatic carbocycles. The largest absolute Gasteiger partial charge is 0.399 e. The summed E-state index contributed by atoms with van der Waals surface area (Å²) in [5.41, 5.74) is 12.9. The molecule has 100 valence electrons. The lowest BCUT2D eigenvalue weighted by atomic mass is 10.2. The van der Waals surface area contributed by atoms with Gasteiger partial charge in [-0.2, -0.15) is 20.2 Å². The van der Waals surface area contributed by atoms with Gasteiger partial charge in [0.15, 0.2) is 0 Å². The molecule has 0 saturated carbocycles. The second-order valence-corrected chi connectivity index (χ2v) is 5.96. The summed E-state index contributed by atoms with van der Waals surface area (Å²) >= 11 is 1.62. The van der Waals surface area contributed by atoms with Crippen molar-refractivity contribution in [3.8, 4) is 0 Å². The van der Waals surface area contributed by atoms with Gasteiger partial charge < -0.3 is 11.5 Å². The molecule has 0 saturated heterocycles. The Balaban J connectivity index is 2.34. The first-order valence-corrected chi connectivity index (χ1v) is 7.82. The predicted octanol–water partition coefficient (Wildman–Crippen LogP) is 0.453. The Hall–Kier alpha value is -1.25. The molecule has 0 atom stereocenters. The van der Waals surface area contributed by atoms with E-state index in [2.05, 4.69) is 4.40 Å². The van der Waals surface area contributed by atoms with E-state index in [4.69, 9.17) is 16.6 Å². The highest BCUT2D eigenvalue weighted by Crippen LogP contribution is 2.15. The van der Waals surface area contributed by atoms with E-state index in [1.165, 1.54) is 0 Å². The number of hydrogen-bond acceptors (Lipinski definition) is 4. The van der Waals surface area contributed by atoms with Gasteiger partial charge in [0.05, 0.1) is 0 Å². The van der Waals surface area contributed by atoms with Gasteiger partial charge in [-0.3, -0.25) is 0 Å². The summed E-state index contributed by atoms with van der Waals surface area (Å²) in [6.45, 7) is 0. The number of nitrogens with zero attached hydrogens (tertiary/aromatic N) is 1. The van der Waals surface area contributed by atoms with Crippen molar-refractivity contribution in [1.82, 2.24) is 0 Å². The van der Waals surface area contributed by atoms with Crippen LogP contribution in [0.3, 0.4) is 0 Å². The van der Waals surface area contributed by atoms with Crippen molar-refractivity contribution in [1.29, 1.82) is 0 Å². The van der Waals surface area contributed by atoms with Crippen molar-refractivity contribution in [2.24, 2.45) is 15.3 Å². The van der Waals surface area contributed by atoms with Crippen LogP contribution in [0.5, 0.6) is 0 Å². The highest BCUT2D eigenvalue weighted by atomic mass is 32.2. The molecule has 0 amide bonds. The number of rotatable bonds is 6. The SMILES string of the molecule is NC(CCSCc1cccc(N)c1)=NS(N)(=O)=O. The molecule has 6 N–H and O–H groups in total. The van der Waals surface area contributed by atoms with E-state index >= 15 is 0 Å². The fraction of sp³-hybridized carbons (Fsp3) is 0.300. The maximum absolute atomic E-state index is 10.6. The molecule has 1 rings (SSSR count). The van der Waals surface area contributed by atoms with Gasteiger partial charge in [0.25, 0.3) is 0 Å². The van der Waals surface area contributed by atoms with Crippen LogP contribution in [0.2, 0.25) is 0 Å². The third-order valence-corrected chi connectivity index (χ3v) is 3.49. The van der Waals surface area contributed by atoms with Gasteiger partial charge in [0.1, 0.15) is 5.84 Å². The van der Waals surface area contributed by atoms with Crippen LogP contribution < -0.4 is 16.6 Å². The van der Waals surface area contributed by atoms with E-state index < -0.39 is 10.2 Å². The monoisotopic (exact) mass is 288 g/mol. The van der Waals surface area contributed by atoms with Crippen LogP contribution in [0, 0.1) is 0 Å². The third kappa shape index (κ3) is 6.48. The Kier molecular flexibility index (Phi) is 5.45. The van der Waals surface area contributed by atoms with Crippen molar-refractivity contribution in [2.45, 2.75) is 12.2 Å². The van der Waals surface area contributed by atoms with Crippen LogP contribution in [-0.4, -0.2) is 20.0 Å². The van der Waals surface area contributed by atoms with Crippen molar-refractivity contribution >= 4 is 33.5 Å². The van der Waals surface area contributed by atoms with Gasteiger partial charge >= 0.3 is 10.2 Å². The Labute approximate surface area is 111 Å². The first kappa shape index (κ1) is 14.8. The van der Waals surface area contributed by atoms with Crippen molar-refractivity contribution in [3.63, 3.8) is 0 Å². The molecule has 6 nitrogen and oxygen atoms in total. The zero-order chi connectivity index (χ0) is 13.6. The highest BCUT2D eigenvalue weighted by molar-refractivity contribution is 7.98. The fourth-order valence-corrected chi connectivity index (χ4v) is 2.59. The quantitative estimate of drug-likeness (QED) is 0.303. The maximum atomic E-state index is 10.6. The van der Waals surface area contributed by atoms with E-state index in [1.54, 1.807) is 11.8 Å². The van der Waals surface area contributed by atoms with E-state index in [9.17, 15) is 8.42 Å². The molecular weight excluding hydrogens is 272 g/mol. The molecule has 0 aliphatic heterocycles. The Morgan fingerprint density at radius 2 is 2.11 bits per heavy atom. The fourth-order valence-electron chi connectivity index (χ4n) is 1.26. The molecular formula is C10H16N4O2S2. The van der Waals surface area contributed by atoms with Gasteiger partial charge in [-0.05, 0) is 17.7 Å². The molecule has 0 aromatic heterocycles. The topological polar surface area (TPSA) is 125 Å². The summed E-state index contributed by atoms with van der Waals surface area (Å²) in [6.07, 6.45) is 0.378. The molecule has 0 spiro atoms. The molecule has 1 aromatic carbocycles. The van der Waals surface area contributed by atoms with Gasteiger partial charge in [0, 0.05) is 23.6 Å². The predicted molar refractivity (Wildman–Crippen MR) is 76.4 cm³/mol.